The van der Waals surface area contributed by atoms with E-state index in [1.807, 2.05) is 11.0 Å². The highest BCUT2D eigenvalue weighted by atomic mass is 35.5. The van der Waals surface area contributed by atoms with Gasteiger partial charge in [-0.15, -0.1) is 0 Å². The average Bonchev–Trinajstić information content (AvgIpc) is 3.14. The molecule has 2 aromatic rings. The van der Waals surface area contributed by atoms with Gasteiger partial charge in [0, 0.05) is 45.7 Å². The third-order valence-electron chi connectivity index (χ3n) is 5.65. The van der Waals surface area contributed by atoms with Crippen molar-refractivity contribution in [3.8, 4) is 0 Å². The molecule has 32 heavy (non-hydrogen) atoms. The van der Waals surface area contributed by atoms with Crippen LogP contribution in [0.15, 0.2) is 36.4 Å². The van der Waals surface area contributed by atoms with Gasteiger partial charge in [-0.3, -0.25) is 4.90 Å². The van der Waals surface area contributed by atoms with Crippen LogP contribution in [0.4, 0.5) is 22.4 Å². The van der Waals surface area contributed by atoms with Gasteiger partial charge in [0.1, 0.15) is 5.82 Å². The van der Waals surface area contributed by atoms with Crippen LogP contribution < -0.4 is 0 Å². The van der Waals surface area contributed by atoms with Gasteiger partial charge in [-0.25, -0.2) is 9.18 Å². The topological polar surface area (TPSA) is 26.8 Å². The van der Waals surface area contributed by atoms with Crippen molar-refractivity contribution >= 4 is 29.2 Å². The molecule has 0 spiro atoms. The van der Waals surface area contributed by atoms with Crippen LogP contribution in [0.25, 0.3) is 0 Å². The number of alkyl halides is 3. The van der Waals surface area contributed by atoms with Crippen LogP contribution in [0, 0.1) is 5.82 Å². The molecule has 0 saturated carbocycles. The molecule has 2 atom stereocenters. The summed E-state index contributed by atoms with van der Waals surface area (Å²) in [5, 5.41) is 0.813. The van der Waals surface area contributed by atoms with Gasteiger partial charge in [-0.1, -0.05) is 35.3 Å². The molecule has 10 heteroatoms. The van der Waals surface area contributed by atoms with Crippen molar-refractivity contribution in [1.82, 2.24) is 14.7 Å². The highest BCUT2D eigenvalue weighted by molar-refractivity contribution is 6.42. The molecule has 0 N–H and O–H groups in total. The quantitative estimate of drug-likeness (QED) is 0.510. The molecule has 4 nitrogen and oxygen atoms in total. The Morgan fingerprint density at radius 1 is 1.06 bits per heavy atom. The Balaban J connectivity index is 1.87. The molecule has 1 aliphatic heterocycles. The second-order valence-corrected chi connectivity index (χ2v) is 8.97. The first-order valence-electron chi connectivity index (χ1n) is 9.85. The lowest BCUT2D eigenvalue weighted by atomic mass is 9.93. The zero-order valence-electron chi connectivity index (χ0n) is 17.8. The molecule has 2 amide bonds. The lowest BCUT2D eigenvalue weighted by molar-refractivity contribution is -0.140. The Morgan fingerprint density at radius 2 is 1.75 bits per heavy atom. The largest absolute Gasteiger partial charge is 0.419 e. The minimum absolute atomic E-state index is 0.113. The maximum Gasteiger partial charge on any atom is 0.419 e. The molecule has 1 saturated heterocycles. The average molecular weight is 492 g/mol. The van der Waals surface area contributed by atoms with Gasteiger partial charge in [-0.2, -0.15) is 13.2 Å². The molecule has 1 heterocycles. The second kappa shape index (κ2) is 9.45. The fraction of sp³-hybridized carbons (Fsp3) is 0.409. The summed E-state index contributed by atoms with van der Waals surface area (Å²) in [7, 11) is 5.13. The van der Waals surface area contributed by atoms with Crippen LogP contribution in [-0.4, -0.2) is 61.0 Å². The smallest absolute Gasteiger partial charge is 0.331 e. The lowest BCUT2D eigenvalue weighted by Gasteiger charge is -2.29. The number of benzene rings is 2. The van der Waals surface area contributed by atoms with Gasteiger partial charge in [-0.05, 0) is 42.4 Å². The van der Waals surface area contributed by atoms with E-state index in [1.54, 1.807) is 38.2 Å². The van der Waals surface area contributed by atoms with E-state index in [4.69, 9.17) is 23.2 Å². The van der Waals surface area contributed by atoms with Gasteiger partial charge in [0.25, 0.3) is 0 Å². The zero-order chi connectivity index (χ0) is 23.8. The van der Waals surface area contributed by atoms with Crippen molar-refractivity contribution in [3.63, 3.8) is 0 Å². The number of halogens is 6. The fourth-order valence-corrected chi connectivity index (χ4v) is 4.34. The summed E-state index contributed by atoms with van der Waals surface area (Å²) in [6.45, 7) is 1.05. The summed E-state index contributed by atoms with van der Waals surface area (Å²) in [5.74, 6) is -1.42. The fourth-order valence-electron chi connectivity index (χ4n) is 4.03. The third kappa shape index (κ3) is 5.30. The molecule has 1 fully saturated rings. The summed E-state index contributed by atoms with van der Waals surface area (Å²) in [5.41, 5.74) is 0.00777. The maximum atomic E-state index is 14.0. The Morgan fingerprint density at radius 3 is 2.31 bits per heavy atom. The van der Waals surface area contributed by atoms with Gasteiger partial charge in [0.05, 0.1) is 15.6 Å². The summed E-state index contributed by atoms with van der Waals surface area (Å²) in [4.78, 5) is 17.7. The van der Waals surface area contributed by atoms with E-state index in [9.17, 15) is 22.4 Å². The lowest BCUT2D eigenvalue weighted by Crippen LogP contribution is -2.40. The predicted octanol–water partition coefficient (Wildman–Crippen LogP) is 5.73. The number of hydrogen-bond acceptors (Lipinski definition) is 2. The molecular weight excluding hydrogens is 469 g/mol. The number of urea groups is 1. The van der Waals surface area contributed by atoms with E-state index in [2.05, 4.69) is 0 Å². The highest BCUT2D eigenvalue weighted by Crippen LogP contribution is 2.36. The van der Waals surface area contributed by atoms with Crippen LogP contribution in [0.5, 0.6) is 0 Å². The summed E-state index contributed by atoms with van der Waals surface area (Å²) in [6, 6.07) is 7.92. The Labute approximate surface area is 194 Å². The molecule has 174 valence electrons. The van der Waals surface area contributed by atoms with Gasteiger partial charge in [0.15, 0.2) is 0 Å². The Bertz CT molecular complexity index is 1000. The van der Waals surface area contributed by atoms with Crippen LogP contribution in [0.1, 0.15) is 22.6 Å². The molecule has 3 rings (SSSR count). The number of amides is 2. The number of rotatable bonds is 4. The molecule has 0 aromatic heterocycles. The third-order valence-corrected chi connectivity index (χ3v) is 6.39. The van der Waals surface area contributed by atoms with Crippen LogP contribution in [0.3, 0.4) is 0 Å². The first kappa shape index (κ1) is 24.6. The van der Waals surface area contributed by atoms with E-state index < -0.39 is 17.6 Å². The standard InChI is InChI=1S/C22H23Cl2F4N3O/c1-29(2)21(32)31-11-15(14-5-7-17(23)18(24)9-14)20(12-31)30(3)10-13-4-6-16(19(25)8-13)22(26,27)28/h4-9,15,20H,10-12H2,1-3H3/t15-,20+/m1/s1. The van der Waals surface area contributed by atoms with Crippen molar-refractivity contribution in [2.24, 2.45) is 0 Å². The number of likely N-dealkylation sites (tertiary alicyclic amines) is 1. The minimum Gasteiger partial charge on any atom is -0.331 e. The first-order valence-corrected chi connectivity index (χ1v) is 10.6. The van der Waals surface area contributed by atoms with Crippen molar-refractivity contribution in [2.45, 2.75) is 24.7 Å². The predicted molar refractivity (Wildman–Crippen MR) is 117 cm³/mol. The first-order chi connectivity index (χ1) is 14.9. The normalized spacial score (nSPS) is 19.0. The van der Waals surface area contributed by atoms with Gasteiger partial charge < -0.3 is 9.80 Å². The monoisotopic (exact) mass is 491 g/mol. The molecule has 0 radical (unpaired) electrons. The van der Waals surface area contributed by atoms with Crippen LogP contribution in [-0.2, 0) is 12.7 Å². The van der Waals surface area contributed by atoms with Gasteiger partial charge >= 0.3 is 12.2 Å². The van der Waals surface area contributed by atoms with E-state index in [0.717, 1.165) is 17.7 Å². The van der Waals surface area contributed by atoms with E-state index in [1.165, 1.54) is 11.0 Å². The molecule has 0 unspecified atom stereocenters. The van der Waals surface area contributed by atoms with Crippen molar-refractivity contribution in [3.05, 3.63) is 69.0 Å². The van der Waals surface area contributed by atoms with Crippen LogP contribution in [0.2, 0.25) is 10.0 Å². The molecule has 2 aromatic carbocycles. The SMILES string of the molecule is CN(C)C(=O)N1C[C@H](c2ccc(Cl)c(Cl)c2)[C@@H](N(C)Cc2ccc(C(F)(F)F)c(F)c2)C1. The molecule has 1 aliphatic rings. The number of carbonyl (C=O) groups is 1. The summed E-state index contributed by atoms with van der Waals surface area (Å²) in [6.07, 6.45) is -4.74. The molecule has 0 bridgehead atoms. The van der Waals surface area contributed by atoms with Crippen molar-refractivity contribution < 1.29 is 22.4 Å². The van der Waals surface area contributed by atoms with E-state index >= 15 is 0 Å². The maximum absolute atomic E-state index is 14.0. The highest BCUT2D eigenvalue weighted by Gasteiger charge is 2.39. The van der Waals surface area contributed by atoms with Gasteiger partial charge in [0.2, 0.25) is 0 Å². The van der Waals surface area contributed by atoms with Crippen molar-refractivity contribution in [2.75, 3.05) is 34.2 Å². The number of likely N-dealkylation sites (N-methyl/N-ethyl adjacent to an activating group) is 1. The molecular formula is C22H23Cl2F4N3O. The zero-order valence-corrected chi connectivity index (χ0v) is 19.3. The van der Waals surface area contributed by atoms with E-state index in [-0.39, 0.29) is 24.5 Å². The van der Waals surface area contributed by atoms with Crippen molar-refractivity contribution in [1.29, 1.82) is 0 Å². The Hall–Kier alpha value is -2.03. The number of carbonyl (C=O) groups excluding carboxylic acids is 1. The Kier molecular flexibility index (Phi) is 7.27. The van der Waals surface area contributed by atoms with Crippen LogP contribution >= 0.6 is 23.2 Å². The summed E-state index contributed by atoms with van der Waals surface area (Å²) >= 11 is 12.2. The molecule has 0 aliphatic carbocycles. The van der Waals surface area contributed by atoms with E-state index in [0.29, 0.717) is 28.7 Å². The minimum atomic E-state index is -4.74. The number of hydrogen-bond donors (Lipinski definition) is 0. The summed E-state index contributed by atoms with van der Waals surface area (Å²) < 4.78 is 52.6. The number of nitrogens with zero attached hydrogens (tertiary/aromatic N) is 3. The second-order valence-electron chi connectivity index (χ2n) is 8.16.